The van der Waals surface area contributed by atoms with Crippen molar-refractivity contribution in [2.75, 3.05) is 26.7 Å². The highest BCUT2D eigenvalue weighted by Crippen LogP contribution is 2.24. The van der Waals surface area contributed by atoms with Gasteiger partial charge in [-0.15, -0.1) is 0 Å². The van der Waals surface area contributed by atoms with Gasteiger partial charge in [-0.1, -0.05) is 6.92 Å². The molecule has 1 aliphatic heterocycles. The van der Waals surface area contributed by atoms with Crippen molar-refractivity contribution in [3.05, 3.63) is 18.0 Å². The molecule has 1 saturated heterocycles. The highest BCUT2D eigenvalue weighted by atomic mass is 15.4. The quantitative estimate of drug-likeness (QED) is 0.840. The van der Waals surface area contributed by atoms with Gasteiger partial charge in [-0.25, -0.2) is 0 Å². The highest BCUT2D eigenvalue weighted by molar-refractivity contribution is 5.11. The number of nitrogens with zero attached hydrogens (tertiary/aromatic N) is 3. The topological polar surface area (TPSA) is 33.1 Å². The van der Waals surface area contributed by atoms with Crippen LogP contribution in [0.3, 0.4) is 0 Å². The van der Waals surface area contributed by atoms with Gasteiger partial charge in [0.1, 0.15) is 0 Å². The summed E-state index contributed by atoms with van der Waals surface area (Å²) in [6.45, 7) is 10.0. The fourth-order valence-electron chi connectivity index (χ4n) is 2.31. The Morgan fingerprint density at radius 1 is 1.41 bits per heavy atom. The molecule has 0 radical (unpaired) electrons. The van der Waals surface area contributed by atoms with Crippen LogP contribution in [0.15, 0.2) is 12.4 Å². The Labute approximate surface area is 104 Å². The summed E-state index contributed by atoms with van der Waals surface area (Å²) in [4.78, 5) is 2.48. The van der Waals surface area contributed by atoms with Crippen LogP contribution in [0.4, 0.5) is 0 Å². The molecule has 1 atom stereocenters. The molecular weight excluding hydrogens is 212 g/mol. The van der Waals surface area contributed by atoms with Gasteiger partial charge >= 0.3 is 0 Å². The van der Waals surface area contributed by atoms with Crippen molar-refractivity contribution in [1.82, 2.24) is 20.0 Å². The summed E-state index contributed by atoms with van der Waals surface area (Å²) < 4.78 is 2.14. The number of rotatable bonds is 5. The summed E-state index contributed by atoms with van der Waals surface area (Å²) >= 11 is 0. The summed E-state index contributed by atoms with van der Waals surface area (Å²) in [5.41, 5.74) is 1.34. The van der Waals surface area contributed by atoms with E-state index < -0.39 is 0 Å². The van der Waals surface area contributed by atoms with Crippen molar-refractivity contribution >= 4 is 0 Å². The van der Waals surface area contributed by atoms with E-state index in [4.69, 9.17) is 0 Å². The van der Waals surface area contributed by atoms with Gasteiger partial charge in [-0.05, 0) is 32.4 Å². The first kappa shape index (κ1) is 12.6. The first-order valence-corrected chi connectivity index (χ1v) is 6.54. The second-order valence-electron chi connectivity index (χ2n) is 5.41. The van der Waals surface area contributed by atoms with Crippen LogP contribution in [0.25, 0.3) is 0 Å². The van der Waals surface area contributed by atoms with Crippen LogP contribution in [-0.2, 0) is 0 Å². The van der Waals surface area contributed by atoms with E-state index in [-0.39, 0.29) is 0 Å². The zero-order valence-electron chi connectivity index (χ0n) is 11.3. The first-order valence-electron chi connectivity index (χ1n) is 6.54. The Morgan fingerprint density at radius 3 is 2.71 bits per heavy atom. The number of likely N-dealkylation sites (tertiary alicyclic amines) is 1. The molecular formula is C13H24N4. The first-order chi connectivity index (χ1) is 8.11. The maximum Gasteiger partial charge on any atom is 0.0773 e. The van der Waals surface area contributed by atoms with E-state index in [1.165, 1.54) is 5.56 Å². The standard InChI is InChI=1S/C13H24N4/c1-10(2)16-8-13(9-16)17-7-12(6-15-17)11(3)5-14-4/h6-7,10-11,13-14H,5,8-9H2,1-4H3. The van der Waals surface area contributed by atoms with Crippen LogP contribution in [0, 0.1) is 0 Å². The van der Waals surface area contributed by atoms with Crippen molar-refractivity contribution in [3.63, 3.8) is 0 Å². The van der Waals surface area contributed by atoms with Gasteiger partial charge in [0, 0.05) is 31.9 Å². The van der Waals surface area contributed by atoms with Crippen LogP contribution in [0.5, 0.6) is 0 Å². The summed E-state index contributed by atoms with van der Waals surface area (Å²) in [6, 6.07) is 1.23. The van der Waals surface area contributed by atoms with E-state index >= 15 is 0 Å². The lowest BCUT2D eigenvalue weighted by Crippen LogP contribution is -2.50. The Balaban J connectivity index is 1.91. The van der Waals surface area contributed by atoms with Gasteiger partial charge in [0.05, 0.1) is 12.2 Å². The SMILES string of the molecule is CNCC(C)c1cnn(C2CN(C(C)C)C2)c1. The molecule has 2 heterocycles. The molecule has 0 saturated carbocycles. The average Bonchev–Trinajstić information content (AvgIpc) is 2.64. The van der Waals surface area contributed by atoms with Crippen molar-refractivity contribution in [2.45, 2.75) is 38.8 Å². The van der Waals surface area contributed by atoms with Crippen molar-refractivity contribution in [2.24, 2.45) is 0 Å². The molecule has 2 rings (SSSR count). The van der Waals surface area contributed by atoms with Gasteiger partial charge in [0.15, 0.2) is 0 Å². The lowest BCUT2D eigenvalue weighted by molar-refractivity contribution is 0.0674. The lowest BCUT2D eigenvalue weighted by atomic mass is 10.1. The monoisotopic (exact) mass is 236 g/mol. The maximum absolute atomic E-state index is 4.50. The molecule has 1 unspecified atom stereocenters. The molecule has 4 heteroatoms. The fraction of sp³-hybridized carbons (Fsp3) is 0.769. The summed E-state index contributed by atoms with van der Waals surface area (Å²) in [6.07, 6.45) is 4.23. The minimum atomic E-state index is 0.537. The molecule has 1 aliphatic rings. The fourth-order valence-corrected chi connectivity index (χ4v) is 2.31. The summed E-state index contributed by atoms with van der Waals surface area (Å²) in [7, 11) is 1.99. The van der Waals surface area contributed by atoms with E-state index in [2.05, 4.69) is 47.0 Å². The van der Waals surface area contributed by atoms with E-state index in [1.807, 2.05) is 13.2 Å². The zero-order valence-corrected chi connectivity index (χ0v) is 11.3. The van der Waals surface area contributed by atoms with Gasteiger partial charge in [0.2, 0.25) is 0 Å². The van der Waals surface area contributed by atoms with Crippen LogP contribution >= 0.6 is 0 Å². The molecule has 17 heavy (non-hydrogen) atoms. The molecule has 0 spiro atoms. The normalized spacial score (nSPS) is 19.6. The van der Waals surface area contributed by atoms with E-state index in [0.717, 1.165) is 19.6 Å². The van der Waals surface area contributed by atoms with E-state index in [1.54, 1.807) is 0 Å². The molecule has 1 aromatic heterocycles. The molecule has 0 bridgehead atoms. The van der Waals surface area contributed by atoms with Crippen LogP contribution in [0.2, 0.25) is 0 Å². The van der Waals surface area contributed by atoms with Crippen molar-refractivity contribution in [3.8, 4) is 0 Å². The maximum atomic E-state index is 4.50. The van der Waals surface area contributed by atoms with Gasteiger partial charge in [-0.3, -0.25) is 9.58 Å². The van der Waals surface area contributed by atoms with Gasteiger partial charge in [0.25, 0.3) is 0 Å². The predicted octanol–water partition coefficient (Wildman–Crippen LogP) is 1.47. The second-order valence-corrected chi connectivity index (χ2v) is 5.41. The third-order valence-electron chi connectivity index (χ3n) is 3.70. The number of aromatic nitrogens is 2. The van der Waals surface area contributed by atoms with Crippen LogP contribution < -0.4 is 5.32 Å². The molecule has 0 aromatic carbocycles. The highest BCUT2D eigenvalue weighted by Gasteiger charge is 2.30. The average molecular weight is 236 g/mol. The Morgan fingerprint density at radius 2 is 2.12 bits per heavy atom. The Hall–Kier alpha value is -0.870. The summed E-state index contributed by atoms with van der Waals surface area (Å²) in [5.74, 6) is 0.537. The molecule has 0 aliphatic carbocycles. The predicted molar refractivity (Wildman–Crippen MR) is 70.3 cm³/mol. The molecule has 4 nitrogen and oxygen atoms in total. The van der Waals surface area contributed by atoms with Crippen LogP contribution in [-0.4, -0.2) is 47.4 Å². The molecule has 1 fully saturated rings. The number of hydrogen-bond acceptors (Lipinski definition) is 3. The second kappa shape index (κ2) is 5.19. The number of hydrogen-bond donors (Lipinski definition) is 1. The van der Waals surface area contributed by atoms with Gasteiger partial charge < -0.3 is 5.32 Å². The third kappa shape index (κ3) is 2.69. The van der Waals surface area contributed by atoms with Crippen molar-refractivity contribution in [1.29, 1.82) is 0 Å². The molecule has 1 N–H and O–H groups in total. The molecule has 1 aromatic rings. The zero-order chi connectivity index (χ0) is 12.4. The van der Waals surface area contributed by atoms with Crippen LogP contribution in [0.1, 0.15) is 38.3 Å². The molecule has 96 valence electrons. The van der Waals surface area contributed by atoms with Crippen molar-refractivity contribution < 1.29 is 0 Å². The largest absolute Gasteiger partial charge is 0.319 e. The number of nitrogens with one attached hydrogen (secondary N) is 1. The molecule has 0 amide bonds. The third-order valence-corrected chi connectivity index (χ3v) is 3.70. The smallest absolute Gasteiger partial charge is 0.0773 e. The Bertz CT molecular complexity index is 352. The van der Waals surface area contributed by atoms with Gasteiger partial charge in [-0.2, -0.15) is 5.10 Å². The minimum Gasteiger partial charge on any atom is -0.319 e. The number of likely N-dealkylation sites (N-methyl/N-ethyl adjacent to an activating group) is 1. The minimum absolute atomic E-state index is 0.537. The summed E-state index contributed by atoms with van der Waals surface area (Å²) in [5, 5.41) is 7.71. The Kier molecular flexibility index (Phi) is 3.84. The van der Waals surface area contributed by atoms with E-state index in [9.17, 15) is 0 Å². The lowest BCUT2D eigenvalue weighted by Gasteiger charge is -2.41. The van der Waals surface area contributed by atoms with E-state index in [0.29, 0.717) is 18.0 Å².